The molecule has 0 aliphatic carbocycles. The zero-order valence-corrected chi connectivity index (χ0v) is 8.39. The Morgan fingerprint density at radius 1 is 1.38 bits per heavy atom. The summed E-state index contributed by atoms with van der Waals surface area (Å²) in [5.41, 5.74) is 3.96. The second-order valence-electron chi connectivity index (χ2n) is 3.33. The predicted octanol–water partition coefficient (Wildman–Crippen LogP) is 3.42. The maximum absolute atomic E-state index is 13.3. The van der Waals surface area contributed by atoms with Gasteiger partial charge in [0.15, 0.2) is 0 Å². The summed E-state index contributed by atoms with van der Waals surface area (Å²) in [6.07, 6.45) is -3.16. The Labute approximate surface area is 90.6 Å². The van der Waals surface area contributed by atoms with E-state index in [0.717, 1.165) is 18.2 Å². The van der Waals surface area contributed by atoms with E-state index < -0.39 is 29.2 Å². The van der Waals surface area contributed by atoms with Gasteiger partial charge in [0.2, 0.25) is 0 Å². The molecule has 0 bridgehead atoms. The minimum atomic E-state index is -4.60. The van der Waals surface area contributed by atoms with Gasteiger partial charge in [-0.05, 0) is 18.6 Å². The van der Waals surface area contributed by atoms with Crippen molar-refractivity contribution in [1.29, 1.82) is 0 Å². The van der Waals surface area contributed by atoms with Crippen molar-refractivity contribution >= 4 is 0 Å². The van der Waals surface area contributed by atoms with Crippen LogP contribution in [-0.2, 0) is 6.18 Å². The lowest BCUT2D eigenvalue weighted by atomic mass is 9.97. The summed E-state index contributed by atoms with van der Waals surface area (Å²) >= 11 is 0. The van der Waals surface area contributed by atoms with Gasteiger partial charge in [-0.2, -0.15) is 13.2 Å². The SMILES string of the molecule is C=CC[C@@H](N)c1c(F)cccc1C(F)(F)F. The molecule has 0 aromatic heterocycles. The fourth-order valence-corrected chi connectivity index (χ4v) is 1.46. The first-order valence-electron chi connectivity index (χ1n) is 4.60. The summed E-state index contributed by atoms with van der Waals surface area (Å²) < 4.78 is 51.1. The Balaban J connectivity index is 3.29. The number of hydrogen-bond donors (Lipinski definition) is 1. The van der Waals surface area contributed by atoms with Crippen LogP contribution in [0.5, 0.6) is 0 Å². The van der Waals surface area contributed by atoms with Gasteiger partial charge >= 0.3 is 6.18 Å². The van der Waals surface area contributed by atoms with Gasteiger partial charge in [-0.1, -0.05) is 12.1 Å². The molecule has 0 heterocycles. The van der Waals surface area contributed by atoms with E-state index >= 15 is 0 Å². The highest BCUT2D eigenvalue weighted by Gasteiger charge is 2.35. The standard InChI is InChI=1S/C11H11F4N/c1-2-4-9(16)10-7(11(13,14)15)5-3-6-8(10)12/h2-3,5-6,9H,1,4,16H2/t9-/m1/s1. The van der Waals surface area contributed by atoms with Crippen molar-refractivity contribution < 1.29 is 17.6 Å². The van der Waals surface area contributed by atoms with Crippen LogP contribution in [0.4, 0.5) is 17.6 Å². The van der Waals surface area contributed by atoms with Crippen LogP contribution >= 0.6 is 0 Å². The van der Waals surface area contributed by atoms with Gasteiger partial charge in [-0.15, -0.1) is 6.58 Å². The Hall–Kier alpha value is -1.36. The molecule has 2 N–H and O–H groups in total. The highest BCUT2D eigenvalue weighted by molar-refractivity contribution is 5.33. The molecule has 16 heavy (non-hydrogen) atoms. The molecule has 5 heteroatoms. The van der Waals surface area contributed by atoms with Crippen molar-refractivity contribution in [2.75, 3.05) is 0 Å². The lowest BCUT2D eigenvalue weighted by Crippen LogP contribution is -2.18. The van der Waals surface area contributed by atoms with Gasteiger partial charge in [0, 0.05) is 11.6 Å². The summed E-state index contributed by atoms with van der Waals surface area (Å²) in [7, 11) is 0. The lowest BCUT2D eigenvalue weighted by molar-refractivity contribution is -0.138. The van der Waals surface area contributed by atoms with Gasteiger partial charge in [-0.3, -0.25) is 0 Å². The van der Waals surface area contributed by atoms with Crippen LogP contribution in [0.25, 0.3) is 0 Å². The Bertz CT molecular complexity index is 384. The molecular formula is C11H11F4N. The second-order valence-corrected chi connectivity index (χ2v) is 3.33. The van der Waals surface area contributed by atoms with E-state index in [1.54, 1.807) is 0 Å². The molecule has 0 saturated carbocycles. The minimum Gasteiger partial charge on any atom is -0.324 e. The average molecular weight is 233 g/mol. The van der Waals surface area contributed by atoms with Crippen LogP contribution in [-0.4, -0.2) is 0 Å². The average Bonchev–Trinajstić information content (AvgIpc) is 2.16. The number of nitrogens with two attached hydrogens (primary N) is 1. The van der Waals surface area contributed by atoms with Gasteiger partial charge in [0.1, 0.15) is 5.82 Å². The van der Waals surface area contributed by atoms with Crippen LogP contribution in [0.1, 0.15) is 23.6 Å². The van der Waals surface area contributed by atoms with Gasteiger partial charge in [-0.25, -0.2) is 4.39 Å². The van der Waals surface area contributed by atoms with Crippen molar-refractivity contribution in [3.63, 3.8) is 0 Å². The topological polar surface area (TPSA) is 26.0 Å². The van der Waals surface area contributed by atoms with E-state index in [1.807, 2.05) is 0 Å². The number of rotatable bonds is 3. The zero-order valence-electron chi connectivity index (χ0n) is 8.39. The molecule has 1 rings (SSSR count). The first-order valence-corrected chi connectivity index (χ1v) is 4.60. The van der Waals surface area contributed by atoms with Crippen LogP contribution in [0.15, 0.2) is 30.9 Å². The summed E-state index contributed by atoms with van der Waals surface area (Å²) in [4.78, 5) is 0. The molecule has 1 aromatic rings. The fourth-order valence-electron chi connectivity index (χ4n) is 1.46. The number of hydrogen-bond acceptors (Lipinski definition) is 1. The maximum atomic E-state index is 13.3. The monoisotopic (exact) mass is 233 g/mol. The fraction of sp³-hybridized carbons (Fsp3) is 0.273. The maximum Gasteiger partial charge on any atom is 0.416 e. The van der Waals surface area contributed by atoms with Gasteiger partial charge in [0.25, 0.3) is 0 Å². The van der Waals surface area contributed by atoms with E-state index in [-0.39, 0.29) is 6.42 Å². The molecule has 0 radical (unpaired) electrons. The van der Waals surface area contributed by atoms with Crippen LogP contribution in [0.3, 0.4) is 0 Å². The first-order chi connectivity index (χ1) is 7.38. The largest absolute Gasteiger partial charge is 0.416 e. The Morgan fingerprint density at radius 2 is 2.00 bits per heavy atom. The number of benzene rings is 1. The van der Waals surface area contributed by atoms with Gasteiger partial charge in [0.05, 0.1) is 5.56 Å². The smallest absolute Gasteiger partial charge is 0.324 e. The summed E-state index contributed by atoms with van der Waals surface area (Å²) in [6.45, 7) is 3.36. The third-order valence-corrected chi connectivity index (χ3v) is 2.15. The van der Waals surface area contributed by atoms with Crippen molar-refractivity contribution in [1.82, 2.24) is 0 Å². The van der Waals surface area contributed by atoms with Crippen molar-refractivity contribution in [3.8, 4) is 0 Å². The normalized spacial score (nSPS) is 13.6. The van der Waals surface area contributed by atoms with Crippen LogP contribution < -0.4 is 5.73 Å². The van der Waals surface area contributed by atoms with Crippen LogP contribution in [0.2, 0.25) is 0 Å². The molecule has 0 saturated heterocycles. The molecular weight excluding hydrogens is 222 g/mol. The molecule has 1 aromatic carbocycles. The lowest BCUT2D eigenvalue weighted by Gasteiger charge is -2.17. The minimum absolute atomic E-state index is 0.0873. The van der Waals surface area contributed by atoms with Crippen molar-refractivity contribution in [2.24, 2.45) is 5.73 Å². The molecule has 0 unspecified atom stereocenters. The number of alkyl halides is 3. The zero-order chi connectivity index (χ0) is 12.3. The second kappa shape index (κ2) is 4.65. The van der Waals surface area contributed by atoms with E-state index in [0.29, 0.717) is 0 Å². The number of halogens is 4. The quantitative estimate of drug-likeness (QED) is 0.628. The first kappa shape index (κ1) is 12.7. The molecule has 1 nitrogen and oxygen atoms in total. The third-order valence-electron chi connectivity index (χ3n) is 2.15. The van der Waals surface area contributed by atoms with Gasteiger partial charge < -0.3 is 5.73 Å². The summed E-state index contributed by atoms with van der Waals surface area (Å²) in [5.74, 6) is -0.941. The van der Waals surface area contributed by atoms with Crippen molar-refractivity contribution in [3.05, 3.63) is 47.8 Å². The molecule has 0 aliphatic heterocycles. The van der Waals surface area contributed by atoms with E-state index in [4.69, 9.17) is 5.73 Å². The van der Waals surface area contributed by atoms with E-state index in [2.05, 4.69) is 6.58 Å². The van der Waals surface area contributed by atoms with Crippen LogP contribution in [0, 0.1) is 5.82 Å². The molecule has 88 valence electrons. The molecule has 0 fully saturated rings. The highest BCUT2D eigenvalue weighted by Crippen LogP contribution is 2.36. The third kappa shape index (κ3) is 2.61. The summed E-state index contributed by atoms with van der Waals surface area (Å²) in [5, 5.41) is 0. The predicted molar refractivity (Wildman–Crippen MR) is 53.1 cm³/mol. The molecule has 0 aliphatic rings. The molecule has 0 amide bonds. The van der Waals surface area contributed by atoms with Crippen molar-refractivity contribution in [2.45, 2.75) is 18.6 Å². The molecule has 1 atom stereocenters. The summed E-state index contributed by atoms with van der Waals surface area (Å²) in [6, 6.07) is 1.77. The Morgan fingerprint density at radius 3 is 2.50 bits per heavy atom. The molecule has 0 spiro atoms. The Kier molecular flexibility index (Phi) is 3.70. The highest BCUT2D eigenvalue weighted by atomic mass is 19.4. The van der Waals surface area contributed by atoms with E-state index in [1.165, 1.54) is 6.08 Å². The van der Waals surface area contributed by atoms with E-state index in [9.17, 15) is 17.6 Å².